The zero-order valence-electron chi connectivity index (χ0n) is 13.2. The summed E-state index contributed by atoms with van der Waals surface area (Å²) in [7, 11) is 0. The van der Waals surface area contributed by atoms with Crippen molar-refractivity contribution in [3.63, 3.8) is 0 Å². The predicted octanol–water partition coefficient (Wildman–Crippen LogP) is 3.47. The van der Waals surface area contributed by atoms with Gasteiger partial charge in [-0.1, -0.05) is 36.4 Å². The van der Waals surface area contributed by atoms with Crippen LogP contribution in [0.1, 0.15) is 23.6 Å². The van der Waals surface area contributed by atoms with Gasteiger partial charge in [0, 0.05) is 11.3 Å². The third-order valence-corrected chi connectivity index (χ3v) is 4.38. The van der Waals surface area contributed by atoms with Gasteiger partial charge in [0.1, 0.15) is 5.75 Å². The highest BCUT2D eigenvalue weighted by Gasteiger charge is 2.05. The lowest BCUT2D eigenvalue weighted by Crippen LogP contribution is -2.21. The molecule has 0 heterocycles. The maximum Gasteiger partial charge on any atom is 0.250 e. The van der Waals surface area contributed by atoms with Crippen LogP contribution in [0.5, 0.6) is 5.75 Å². The molecule has 0 aliphatic carbocycles. The van der Waals surface area contributed by atoms with E-state index in [4.69, 9.17) is 0 Å². The molecule has 2 rings (SSSR count). The summed E-state index contributed by atoms with van der Waals surface area (Å²) < 4.78 is 0. The minimum atomic E-state index is -0.154. The van der Waals surface area contributed by atoms with Gasteiger partial charge in [0.25, 0.3) is 0 Å². The number of carbonyl (C=O) groups is 1. The maximum atomic E-state index is 11.8. The number of amides is 1. The minimum Gasteiger partial charge on any atom is -0.507 e. The number of hydrogen-bond acceptors (Lipinski definition) is 4. The van der Waals surface area contributed by atoms with Gasteiger partial charge in [0.2, 0.25) is 5.91 Å². The molecule has 2 aromatic rings. The van der Waals surface area contributed by atoms with Crippen LogP contribution in [0.3, 0.4) is 0 Å². The number of hydrogen-bond donors (Lipinski definition) is 2. The van der Waals surface area contributed by atoms with Crippen LogP contribution in [0, 0.1) is 6.92 Å². The lowest BCUT2D eigenvalue weighted by molar-refractivity contribution is -0.118. The van der Waals surface area contributed by atoms with Gasteiger partial charge in [-0.15, -0.1) is 11.8 Å². The summed E-state index contributed by atoms with van der Waals surface area (Å²) >= 11 is 1.55. The number of nitrogens with zero attached hydrogens (tertiary/aromatic N) is 1. The first kappa shape index (κ1) is 17.1. The van der Waals surface area contributed by atoms with Gasteiger partial charge < -0.3 is 5.11 Å². The summed E-state index contributed by atoms with van der Waals surface area (Å²) in [6.07, 6.45) is 0. The average Bonchev–Trinajstić information content (AvgIpc) is 2.55. The zero-order valence-corrected chi connectivity index (χ0v) is 14.1. The molecule has 2 aromatic carbocycles. The van der Waals surface area contributed by atoms with Crippen molar-refractivity contribution in [2.45, 2.75) is 19.6 Å². The highest BCUT2D eigenvalue weighted by Crippen LogP contribution is 2.17. The SMILES string of the molecule is C/C(=N/NC(=O)CSCc1ccccc1C)c1ccccc1O. The number of para-hydroxylation sites is 1. The average molecular weight is 328 g/mol. The number of hydrazone groups is 1. The van der Waals surface area contributed by atoms with Gasteiger partial charge >= 0.3 is 0 Å². The fraction of sp³-hybridized carbons (Fsp3) is 0.222. The largest absolute Gasteiger partial charge is 0.507 e. The molecule has 2 N–H and O–H groups in total. The number of nitrogens with one attached hydrogen (secondary N) is 1. The van der Waals surface area contributed by atoms with Crippen molar-refractivity contribution < 1.29 is 9.90 Å². The molecule has 0 radical (unpaired) electrons. The number of carbonyl (C=O) groups excluding carboxylic acids is 1. The van der Waals surface area contributed by atoms with E-state index < -0.39 is 0 Å². The topological polar surface area (TPSA) is 61.7 Å². The van der Waals surface area contributed by atoms with Crippen LogP contribution in [0.4, 0.5) is 0 Å². The molecular weight excluding hydrogens is 308 g/mol. The van der Waals surface area contributed by atoms with Crippen molar-refractivity contribution in [2.24, 2.45) is 5.10 Å². The lowest BCUT2D eigenvalue weighted by atomic mass is 10.1. The molecular formula is C18H20N2O2S. The quantitative estimate of drug-likeness (QED) is 0.630. The van der Waals surface area contributed by atoms with Crippen LogP contribution < -0.4 is 5.43 Å². The van der Waals surface area contributed by atoms with E-state index in [9.17, 15) is 9.90 Å². The molecule has 4 nitrogen and oxygen atoms in total. The third-order valence-electron chi connectivity index (χ3n) is 3.39. The van der Waals surface area contributed by atoms with Crippen LogP contribution >= 0.6 is 11.8 Å². The van der Waals surface area contributed by atoms with E-state index in [-0.39, 0.29) is 11.7 Å². The number of rotatable bonds is 6. The maximum absolute atomic E-state index is 11.8. The Labute approximate surface area is 140 Å². The van der Waals surface area contributed by atoms with Gasteiger partial charge in [-0.3, -0.25) is 4.79 Å². The zero-order chi connectivity index (χ0) is 16.7. The van der Waals surface area contributed by atoms with Crippen molar-refractivity contribution in [1.82, 2.24) is 5.43 Å². The Morgan fingerprint density at radius 2 is 1.87 bits per heavy atom. The fourth-order valence-corrected chi connectivity index (χ4v) is 2.94. The normalized spacial score (nSPS) is 11.3. The molecule has 5 heteroatoms. The molecule has 0 atom stereocenters. The minimum absolute atomic E-state index is 0.150. The van der Waals surface area contributed by atoms with E-state index in [1.807, 2.05) is 18.2 Å². The molecule has 0 saturated carbocycles. The van der Waals surface area contributed by atoms with Crippen molar-refractivity contribution >= 4 is 23.4 Å². The molecule has 0 bridgehead atoms. The van der Waals surface area contributed by atoms with E-state index in [1.54, 1.807) is 36.9 Å². The molecule has 0 saturated heterocycles. The molecule has 1 amide bonds. The van der Waals surface area contributed by atoms with Crippen LogP contribution in [0.15, 0.2) is 53.6 Å². The monoisotopic (exact) mass is 328 g/mol. The number of aromatic hydroxyl groups is 1. The summed E-state index contributed by atoms with van der Waals surface area (Å²) in [6.45, 7) is 3.81. The molecule has 120 valence electrons. The molecule has 0 unspecified atom stereocenters. The Morgan fingerprint density at radius 3 is 2.61 bits per heavy atom. The van der Waals surface area contributed by atoms with E-state index in [0.29, 0.717) is 17.0 Å². The van der Waals surface area contributed by atoms with Crippen LogP contribution in [-0.2, 0) is 10.5 Å². The lowest BCUT2D eigenvalue weighted by Gasteiger charge is -2.06. The van der Waals surface area contributed by atoms with Gasteiger partial charge in [0.15, 0.2) is 0 Å². The number of phenolic OH excluding ortho intramolecular Hbond substituents is 1. The smallest absolute Gasteiger partial charge is 0.250 e. The Balaban J connectivity index is 1.82. The molecule has 0 aliphatic rings. The van der Waals surface area contributed by atoms with Gasteiger partial charge in [-0.2, -0.15) is 5.10 Å². The summed E-state index contributed by atoms with van der Waals surface area (Å²) in [6, 6.07) is 15.1. The van der Waals surface area contributed by atoms with Crippen LogP contribution in [0.2, 0.25) is 0 Å². The van der Waals surface area contributed by atoms with Crippen molar-refractivity contribution in [3.8, 4) is 5.75 Å². The van der Waals surface area contributed by atoms with Gasteiger partial charge in [0.05, 0.1) is 11.5 Å². The standard InChI is InChI=1S/C18H20N2O2S/c1-13-7-3-4-8-15(13)11-23-12-18(22)20-19-14(2)16-9-5-6-10-17(16)21/h3-10,21H,11-12H2,1-2H3,(H,20,22)/b19-14-. The first-order valence-corrected chi connectivity index (χ1v) is 8.47. The second-order valence-electron chi connectivity index (χ2n) is 5.17. The van der Waals surface area contributed by atoms with Gasteiger partial charge in [-0.25, -0.2) is 5.43 Å². The van der Waals surface area contributed by atoms with Crippen molar-refractivity contribution in [3.05, 3.63) is 65.2 Å². The highest BCUT2D eigenvalue weighted by molar-refractivity contribution is 7.99. The molecule has 0 aliphatic heterocycles. The van der Waals surface area contributed by atoms with E-state index in [1.165, 1.54) is 11.1 Å². The number of thioether (sulfide) groups is 1. The third kappa shape index (κ3) is 5.14. The Hall–Kier alpha value is -2.27. The van der Waals surface area contributed by atoms with E-state index in [2.05, 4.69) is 29.6 Å². The van der Waals surface area contributed by atoms with Crippen LogP contribution in [-0.4, -0.2) is 22.5 Å². The summed E-state index contributed by atoms with van der Waals surface area (Å²) in [5.41, 5.74) is 6.17. The second kappa shape index (κ2) is 8.39. The highest BCUT2D eigenvalue weighted by atomic mass is 32.2. The fourth-order valence-electron chi connectivity index (χ4n) is 2.04. The van der Waals surface area contributed by atoms with Crippen molar-refractivity contribution in [2.75, 3.05) is 5.75 Å². The van der Waals surface area contributed by atoms with E-state index >= 15 is 0 Å². The van der Waals surface area contributed by atoms with E-state index in [0.717, 1.165) is 5.75 Å². The number of aryl methyl sites for hydroxylation is 1. The second-order valence-corrected chi connectivity index (χ2v) is 6.15. The Bertz CT molecular complexity index is 714. The summed E-state index contributed by atoms with van der Waals surface area (Å²) in [5.74, 6) is 1.13. The first-order chi connectivity index (χ1) is 11.1. The summed E-state index contributed by atoms with van der Waals surface area (Å²) in [5, 5.41) is 13.8. The molecule has 0 spiro atoms. The molecule has 23 heavy (non-hydrogen) atoms. The molecule has 0 fully saturated rings. The Morgan fingerprint density at radius 1 is 1.17 bits per heavy atom. The summed E-state index contributed by atoms with van der Waals surface area (Å²) in [4.78, 5) is 11.8. The van der Waals surface area contributed by atoms with Crippen molar-refractivity contribution in [1.29, 1.82) is 0 Å². The predicted molar refractivity (Wildman–Crippen MR) is 95.8 cm³/mol. The van der Waals surface area contributed by atoms with Gasteiger partial charge in [-0.05, 0) is 37.1 Å². The number of phenols is 1. The first-order valence-electron chi connectivity index (χ1n) is 7.31. The number of benzene rings is 2. The Kier molecular flexibility index (Phi) is 6.23. The van der Waals surface area contributed by atoms with Crippen LogP contribution in [0.25, 0.3) is 0 Å². The molecule has 0 aromatic heterocycles.